The Morgan fingerprint density at radius 1 is 1.20 bits per heavy atom. The van der Waals surface area contributed by atoms with Gasteiger partial charge in [0.1, 0.15) is 0 Å². The number of rotatable bonds is 7. The van der Waals surface area contributed by atoms with E-state index in [1.165, 1.54) is 0 Å². The van der Waals surface area contributed by atoms with Gasteiger partial charge < -0.3 is 11.1 Å². The van der Waals surface area contributed by atoms with Crippen LogP contribution in [0.1, 0.15) is 50.7 Å². The lowest BCUT2D eigenvalue weighted by Crippen LogP contribution is -2.22. The highest BCUT2D eigenvalue weighted by Gasteiger charge is 2.01. The van der Waals surface area contributed by atoms with Gasteiger partial charge in [-0.05, 0) is 37.1 Å². The zero-order valence-corrected chi connectivity index (χ0v) is 12.5. The normalized spacial score (nSPS) is 9.10. The lowest BCUT2D eigenvalue weighted by atomic mass is 10.1. The van der Waals surface area contributed by atoms with Crippen LogP contribution in [0.3, 0.4) is 0 Å². The van der Waals surface area contributed by atoms with Crippen LogP contribution in [0.2, 0.25) is 0 Å². The summed E-state index contributed by atoms with van der Waals surface area (Å²) in [5.74, 6) is 0.0661. The molecule has 0 heterocycles. The second-order valence-electron chi connectivity index (χ2n) is 4.18. The van der Waals surface area contributed by atoms with Crippen LogP contribution in [0.15, 0.2) is 24.3 Å². The van der Waals surface area contributed by atoms with Crippen molar-refractivity contribution in [3.63, 3.8) is 0 Å². The Labute approximate surface area is 122 Å². The van der Waals surface area contributed by atoms with Gasteiger partial charge in [-0.1, -0.05) is 32.4 Å². The first-order valence-corrected chi connectivity index (χ1v) is 7.22. The van der Waals surface area contributed by atoms with Crippen LogP contribution in [0.25, 0.3) is 0 Å². The zero-order chi connectivity index (χ0) is 15.2. The predicted molar refractivity (Wildman–Crippen MR) is 81.9 cm³/mol. The number of hydrogen-bond donors (Lipinski definition) is 2. The third-order valence-electron chi connectivity index (χ3n) is 2.68. The lowest BCUT2D eigenvalue weighted by molar-refractivity contribution is -0.121. The molecule has 110 valence electrons. The van der Waals surface area contributed by atoms with E-state index in [0.717, 1.165) is 24.8 Å². The number of unbranched alkanes of at least 4 members (excludes halogenated alkanes) is 2. The number of nitriles is 1. The van der Waals surface area contributed by atoms with Crippen molar-refractivity contribution in [3.05, 3.63) is 35.4 Å². The van der Waals surface area contributed by atoms with Gasteiger partial charge >= 0.3 is 0 Å². The van der Waals surface area contributed by atoms with Gasteiger partial charge in [0.25, 0.3) is 0 Å². The molecule has 0 fully saturated rings. The third kappa shape index (κ3) is 8.28. The molecule has 0 bridgehead atoms. The van der Waals surface area contributed by atoms with E-state index in [-0.39, 0.29) is 5.91 Å². The summed E-state index contributed by atoms with van der Waals surface area (Å²) in [4.78, 5) is 11.5. The number of hydrogen-bond acceptors (Lipinski definition) is 3. The van der Waals surface area contributed by atoms with Gasteiger partial charge in [-0.3, -0.25) is 4.79 Å². The third-order valence-corrected chi connectivity index (χ3v) is 2.68. The van der Waals surface area contributed by atoms with E-state index in [1.807, 2.05) is 26.0 Å². The molecule has 0 aliphatic rings. The Bertz CT molecular complexity index is 407. The Kier molecular flexibility index (Phi) is 11.1. The first-order chi connectivity index (χ1) is 9.76. The summed E-state index contributed by atoms with van der Waals surface area (Å²) in [5, 5.41) is 11.5. The first kappa shape index (κ1) is 18.1. The number of carbonyl (C=O) groups is 1. The van der Waals surface area contributed by atoms with Crippen molar-refractivity contribution in [2.75, 3.05) is 6.54 Å². The molecule has 1 aromatic carbocycles. The van der Waals surface area contributed by atoms with E-state index < -0.39 is 0 Å². The molecule has 1 aromatic rings. The topological polar surface area (TPSA) is 78.9 Å². The van der Waals surface area contributed by atoms with Crippen LogP contribution in [-0.4, -0.2) is 12.5 Å². The van der Waals surface area contributed by atoms with Crippen LogP contribution < -0.4 is 11.1 Å². The van der Waals surface area contributed by atoms with Crippen LogP contribution >= 0.6 is 0 Å². The summed E-state index contributed by atoms with van der Waals surface area (Å²) in [6.07, 6.45) is 3.41. The molecule has 0 unspecified atom stereocenters. The van der Waals surface area contributed by atoms with E-state index in [1.54, 1.807) is 12.1 Å². The van der Waals surface area contributed by atoms with Crippen LogP contribution in [0.5, 0.6) is 0 Å². The maximum Gasteiger partial charge on any atom is 0.220 e. The summed E-state index contributed by atoms with van der Waals surface area (Å²) >= 11 is 0. The fourth-order valence-corrected chi connectivity index (χ4v) is 1.59. The average molecular weight is 275 g/mol. The summed E-state index contributed by atoms with van der Waals surface area (Å²) in [6.45, 7) is 5.20. The van der Waals surface area contributed by atoms with Gasteiger partial charge in [-0.25, -0.2) is 0 Å². The maximum absolute atomic E-state index is 11.5. The Morgan fingerprint density at radius 3 is 2.40 bits per heavy atom. The highest BCUT2D eigenvalue weighted by Crippen LogP contribution is 2.03. The van der Waals surface area contributed by atoms with Crippen molar-refractivity contribution in [2.45, 2.75) is 46.1 Å². The van der Waals surface area contributed by atoms with Crippen LogP contribution in [0, 0.1) is 11.3 Å². The predicted octanol–water partition coefficient (Wildman–Crippen LogP) is 2.72. The highest BCUT2D eigenvalue weighted by atomic mass is 16.1. The molecule has 1 amide bonds. The summed E-state index contributed by atoms with van der Waals surface area (Å²) < 4.78 is 0. The van der Waals surface area contributed by atoms with Crippen molar-refractivity contribution in [1.82, 2.24) is 5.32 Å². The molecule has 0 radical (unpaired) electrons. The highest BCUT2D eigenvalue weighted by molar-refractivity contribution is 5.75. The molecule has 0 aliphatic heterocycles. The molecule has 0 aliphatic carbocycles. The fourth-order valence-electron chi connectivity index (χ4n) is 1.59. The number of carbonyl (C=O) groups excluding carboxylic acids is 1. The molecular weight excluding hydrogens is 250 g/mol. The van der Waals surface area contributed by atoms with E-state index in [4.69, 9.17) is 11.0 Å². The molecule has 0 spiro atoms. The van der Waals surface area contributed by atoms with Gasteiger partial charge in [0.15, 0.2) is 0 Å². The summed E-state index contributed by atoms with van der Waals surface area (Å²) in [5.41, 5.74) is 7.02. The lowest BCUT2D eigenvalue weighted by Gasteiger charge is -2.05. The monoisotopic (exact) mass is 275 g/mol. The number of benzene rings is 1. The molecule has 0 aromatic heterocycles. The largest absolute Gasteiger partial charge is 0.352 e. The van der Waals surface area contributed by atoms with Crippen LogP contribution in [-0.2, 0) is 11.3 Å². The minimum atomic E-state index is 0.0661. The van der Waals surface area contributed by atoms with E-state index in [2.05, 4.69) is 11.4 Å². The molecule has 1 rings (SSSR count). The molecule has 0 saturated heterocycles. The van der Waals surface area contributed by atoms with Gasteiger partial charge in [-0.15, -0.1) is 0 Å². The van der Waals surface area contributed by atoms with E-state index >= 15 is 0 Å². The smallest absolute Gasteiger partial charge is 0.220 e. The van der Waals surface area contributed by atoms with Crippen molar-refractivity contribution in [3.8, 4) is 6.07 Å². The van der Waals surface area contributed by atoms with E-state index in [0.29, 0.717) is 25.1 Å². The minimum absolute atomic E-state index is 0.0661. The van der Waals surface area contributed by atoms with E-state index in [9.17, 15) is 4.79 Å². The second kappa shape index (κ2) is 12.2. The van der Waals surface area contributed by atoms with Crippen LogP contribution in [0.4, 0.5) is 0 Å². The second-order valence-corrected chi connectivity index (χ2v) is 4.18. The quantitative estimate of drug-likeness (QED) is 0.751. The molecule has 4 nitrogen and oxygen atoms in total. The molecule has 0 saturated carbocycles. The number of nitrogens with one attached hydrogen (secondary N) is 1. The van der Waals surface area contributed by atoms with Crippen molar-refractivity contribution in [1.29, 1.82) is 5.26 Å². The average Bonchev–Trinajstić information content (AvgIpc) is 2.52. The molecule has 20 heavy (non-hydrogen) atoms. The molecule has 3 N–H and O–H groups in total. The Balaban J connectivity index is 0.00000172. The zero-order valence-electron chi connectivity index (χ0n) is 12.5. The van der Waals surface area contributed by atoms with Gasteiger partial charge in [-0.2, -0.15) is 5.26 Å². The van der Waals surface area contributed by atoms with Gasteiger partial charge in [0.2, 0.25) is 5.91 Å². The van der Waals surface area contributed by atoms with Crippen molar-refractivity contribution >= 4 is 5.91 Å². The minimum Gasteiger partial charge on any atom is -0.352 e. The number of nitrogens with two attached hydrogens (primary N) is 1. The summed E-state index contributed by atoms with van der Waals surface area (Å²) in [6, 6.07) is 9.28. The fraction of sp³-hybridized carbons (Fsp3) is 0.500. The molecule has 4 heteroatoms. The SMILES string of the molecule is CC.N#Cc1ccc(CNC(=O)CCCCCN)cc1. The first-order valence-electron chi connectivity index (χ1n) is 7.22. The maximum atomic E-state index is 11.5. The standard InChI is InChI=1S/C14H19N3O.C2H6/c15-9-3-1-2-4-14(18)17-11-13-7-5-12(10-16)6-8-13;1-2/h5-8H,1-4,9,11,15H2,(H,17,18);1-2H3. The Morgan fingerprint density at radius 2 is 1.85 bits per heavy atom. The van der Waals surface area contributed by atoms with Gasteiger partial charge in [0.05, 0.1) is 11.6 Å². The summed E-state index contributed by atoms with van der Waals surface area (Å²) in [7, 11) is 0. The molecule has 0 atom stereocenters. The van der Waals surface area contributed by atoms with Gasteiger partial charge in [0, 0.05) is 13.0 Å². The Hall–Kier alpha value is -1.86. The number of nitrogens with zero attached hydrogens (tertiary/aromatic N) is 1. The number of amides is 1. The van der Waals surface area contributed by atoms with Crippen molar-refractivity contribution in [2.24, 2.45) is 5.73 Å². The molecular formula is C16H25N3O. The van der Waals surface area contributed by atoms with Crippen molar-refractivity contribution < 1.29 is 4.79 Å².